The summed E-state index contributed by atoms with van der Waals surface area (Å²) in [6.07, 6.45) is 0. The van der Waals surface area contributed by atoms with Crippen LogP contribution in [0.4, 0.5) is 0 Å². The van der Waals surface area contributed by atoms with Crippen LogP contribution in [0.5, 0.6) is 0 Å². The highest BCUT2D eigenvalue weighted by atomic mass is 127. The van der Waals surface area contributed by atoms with Gasteiger partial charge in [-0.2, -0.15) is 0 Å². The van der Waals surface area contributed by atoms with Crippen molar-refractivity contribution in [2.75, 3.05) is 20.3 Å². The highest BCUT2D eigenvalue weighted by Gasteiger charge is 2.21. The predicted molar refractivity (Wildman–Crippen MR) is 77.2 cm³/mol. The van der Waals surface area contributed by atoms with Crippen LogP contribution < -0.4 is 0 Å². The summed E-state index contributed by atoms with van der Waals surface area (Å²) in [5.41, 5.74) is 0.762. The van der Waals surface area contributed by atoms with Gasteiger partial charge in [0.25, 0.3) is 5.91 Å². The lowest BCUT2D eigenvalue weighted by Gasteiger charge is -2.28. The van der Waals surface area contributed by atoms with E-state index in [4.69, 9.17) is 4.74 Å². The Morgan fingerprint density at radius 1 is 1.47 bits per heavy atom. The summed E-state index contributed by atoms with van der Waals surface area (Å²) >= 11 is 2.19. The highest BCUT2D eigenvalue weighted by molar-refractivity contribution is 14.1. The maximum atomic E-state index is 12.4. The van der Waals surface area contributed by atoms with Gasteiger partial charge >= 0.3 is 0 Å². The number of rotatable bonds is 5. The predicted octanol–water partition coefficient (Wildman–Crippen LogP) is 2.79. The molecule has 0 N–H and O–H groups in total. The third kappa shape index (κ3) is 3.67. The molecular formula is C13H18INO2. The average Bonchev–Trinajstić information content (AvgIpc) is 2.30. The third-order valence-electron chi connectivity index (χ3n) is 2.65. The van der Waals surface area contributed by atoms with Crippen LogP contribution in [0.2, 0.25) is 0 Å². The van der Waals surface area contributed by atoms with Crippen LogP contribution in [-0.4, -0.2) is 37.1 Å². The van der Waals surface area contributed by atoms with Gasteiger partial charge in [0.05, 0.1) is 18.2 Å². The quantitative estimate of drug-likeness (QED) is 0.767. The molecule has 0 fully saturated rings. The molecule has 1 amide bonds. The van der Waals surface area contributed by atoms with Crippen LogP contribution in [0.15, 0.2) is 24.3 Å². The Bertz CT molecular complexity index is 381. The van der Waals surface area contributed by atoms with Crippen molar-refractivity contribution >= 4 is 28.5 Å². The van der Waals surface area contributed by atoms with E-state index in [-0.39, 0.29) is 11.9 Å². The number of halogens is 1. The Morgan fingerprint density at radius 2 is 2.12 bits per heavy atom. The van der Waals surface area contributed by atoms with Crippen molar-refractivity contribution in [3.63, 3.8) is 0 Å². The molecule has 0 saturated carbocycles. The molecule has 0 aliphatic heterocycles. The summed E-state index contributed by atoms with van der Waals surface area (Å²) in [7, 11) is 1.65. The molecule has 1 aromatic carbocycles. The Balaban J connectivity index is 2.90. The number of benzene rings is 1. The van der Waals surface area contributed by atoms with Crippen molar-refractivity contribution in [2.45, 2.75) is 19.9 Å². The van der Waals surface area contributed by atoms with Gasteiger partial charge in [-0.1, -0.05) is 12.1 Å². The minimum Gasteiger partial charge on any atom is -0.383 e. The van der Waals surface area contributed by atoms with Crippen molar-refractivity contribution in [1.29, 1.82) is 0 Å². The molecule has 0 spiro atoms. The summed E-state index contributed by atoms with van der Waals surface area (Å²) in [6, 6.07) is 7.74. The van der Waals surface area contributed by atoms with Crippen molar-refractivity contribution in [1.82, 2.24) is 4.90 Å². The zero-order valence-corrected chi connectivity index (χ0v) is 12.6. The molecule has 0 saturated heterocycles. The van der Waals surface area contributed by atoms with Gasteiger partial charge < -0.3 is 9.64 Å². The molecule has 3 nitrogen and oxygen atoms in total. The van der Waals surface area contributed by atoms with Crippen molar-refractivity contribution in [2.24, 2.45) is 0 Å². The van der Waals surface area contributed by atoms with Crippen molar-refractivity contribution in [3.8, 4) is 0 Å². The van der Waals surface area contributed by atoms with E-state index in [0.717, 1.165) is 9.13 Å². The van der Waals surface area contributed by atoms with Crippen LogP contribution in [0, 0.1) is 3.57 Å². The molecule has 1 unspecified atom stereocenters. The van der Waals surface area contributed by atoms with Crippen molar-refractivity contribution < 1.29 is 9.53 Å². The molecule has 0 aromatic heterocycles. The lowest BCUT2D eigenvalue weighted by molar-refractivity contribution is 0.0578. The standard InChI is InChI=1S/C13H18INO2/c1-4-15(10(2)9-17-3)13(16)11-7-5-6-8-12(11)14/h5-8,10H,4,9H2,1-3H3. The number of nitrogens with zero attached hydrogens (tertiary/aromatic N) is 1. The summed E-state index contributed by atoms with van der Waals surface area (Å²) in [4.78, 5) is 14.2. The molecule has 1 aromatic rings. The first-order chi connectivity index (χ1) is 8.11. The molecule has 4 heteroatoms. The number of hydrogen-bond donors (Lipinski definition) is 0. The van der Waals surface area contributed by atoms with Gasteiger partial charge in [-0.25, -0.2) is 0 Å². The SMILES string of the molecule is CCN(C(=O)c1ccccc1I)C(C)COC. The van der Waals surface area contributed by atoms with E-state index in [1.165, 1.54) is 0 Å². The van der Waals surface area contributed by atoms with E-state index in [9.17, 15) is 4.79 Å². The van der Waals surface area contributed by atoms with E-state index in [1.54, 1.807) is 7.11 Å². The highest BCUT2D eigenvalue weighted by Crippen LogP contribution is 2.15. The molecule has 0 heterocycles. The molecule has 17 heavy (non-hydrogen) atoms. The Kier molecular flexibility index (Phi) is 5.91. The topological polar surface area (TPSA) is 29.5 Å². The van der Waals surface area contributed by atoms with E-state index in [2.05, 4.69) is 22.6 Å². The molecule has 94 valence electrons. The summed E-state index contributed by atoms with van der Waals surface area (Å²) < 4.78 is 6.09. The maximum Gasteiger partial charge on any atom is 0.255 e. The molecule has 1 rings (SSSR count). The van der Waals surface area contributed by atoms with Gasteiger partial charge in [0.15, 0.2) is 0 Å². The lowest BCUT2D eigenvalue weighted by atomic mass is 10.1. The molecule has 0 radical (unpaired) electrons. The zero-order valence-electron chi connectivity index (χ0n) is 10.4. The molecule has 0 aliphatic rings. The Morgan fingerprint density at radius 3 is 2.65 bits per heavy atom. The smallest absolute Gasteiger partial charge is 0.255 e. The average molecular weight is 347 g/mol. The fourth-order valence-electron chi connectivity index (χ4n) is 1.78. The second-order valence-electron chi connectivity index (χ2n) is 3.88. The number of likely N-dealkylation sites (N-methyl/N-ethyl adjacent to an activating group) is 1. The number of ether oxygens (including phenoxy) is 1. The molecule has 1 atom stereocenters. The van der Waals surface area contributed by atoms with Crippen LogP contribution >= 0.6 is 22.6 Å². The number of amides is 1. The van der Waals surface area contributed by atoms with Crippen LogP contribution in [0.1, 0.15) is 24.2 Å². The first kappa shape index (κ1) is 14.4. The minimum absolute atomic E-state index is 0.0713. The summed E-state index contributed by atoms with van der Waals surface area (Å²) in [5.74, 6) is 0.0713. The number of hydrogen-bond acceptors (Lipinski definition) is 2. The largest absolute Gasteiger partial charge is 0.383 e. The fourth-order valence-corrected chi connectivity index (χ4v) is 2.39. The minimum atomic E-state index is 0.0713. The van der Waals surface area contributed by atoms with E-state index >= 15 is 0 Å². The van der Waals surface area contributed by atoms with Crippen LogP contribution in [-0.2, 0) is 4.74 Å². The van der Waals surface area contributed by atoms with Gasteiger partial charge in [0.2, 0.25) is 0 Å². The Labute approximate surface area is 116 Å². The van der Waals surface area contributed by atoms with Gasteiger partial charge in [-0.15, -0.1) is 0 Å². The third-order valence-corrected chi connectivity index (χ3v) is 3.59. The lowest BCUT2D eigenvalue weighted by Crippen LogP contribution is -2.41. The second-order valence-corrected chi connectivity index (χ2v) is 5.04. The normalized spacial score (nSPS) is 12.2. The second kappa shape index (κ2) is 6.96. The van der Waals surface area contributed by atoms with E-state index in [1.807, 2.05) is 43.0 Å². The van der Waals surface area contributed by atoms with Gasteiger partial charge in [-0.05, 0) is 48.6 Å². The number of methoxy groups -OCH3 is 1. The fraction of sp³-hybridized carbons (Fsp3) is 0.462. The number of carbonyl (C=O) groups excluding carboxylic acids is 1. The van der Waals surface area contributed by atoms with Gasteiger partial charge in [0, 0.05) is 17.2 Å². The Hall–Kier alpha value is -0.620. The molecule has 0 aliphatic carbocycles. The maximum absolute atomic E-state index is 12.4. The van der Waals surface area contributed by atoms with Gasteiger partial charge in [-0.3, -0.25) is 4.79 Å². The summed E-state index contributed by atoms with van der Waals surface area (Å²) in [5, 5.41) is 0. The zero-order chi connectivity index (χ0) is 12.8. The van der Waals surface area contributed by atoms with E-state index in [0.29, 0.717) is 13.2 Å². The van der Waals surface area contributed by atoms with Crippen molar-refractivity contribution in [3.05, 3.63) is 33.4 Å². The monoisotopic (exact) mass is 347 g/mol. The van der Waals surface area contributed by atoms with Gasteiger partial charge in [0.1, 0.15) is 0 Å². The first-order valence-corrected chi connectivity index (χ1v) is 6.74. The van der Waals surface area contributed by atoms with Crippen LogP contribution in [0.3, 0.4) is 0 Å². The first-order valence-electron chi connectivity index (χ1n) is 5.66. The van der Waals surface area contributed by atoms with Crippen LogP contribution in [0.25, 0.3) is 0 Å². The number of carbonyl (C=O) groups is 1. The summed E-state index contributed by atoms with van der Waals surface area (Å²) in [6.45, 7) is 5.23. The molecule has 0 bridgehead atoms. The molecular weight excluding hydrogens is 329 g/mol. The van der Waals surface area contributed by atoms with E-state index < -0.39 is 0 Å².